The Kier molecular flexibility index (Phi) is 3.69. The summed E-state index contributed by atoms with van der Waals surface area (Å²) in [6.07, 6.45) is 7.56. The van der Waals surface area contributed by atoms with E-state index >= 15 is 0 Å². The van der Waals surface area contributed by atoms with Crippen molar-refractivity contribution in [3.63, 3.8) is 0 Å². The molecular formula is C13H20N6S. The standard InChI is InChI=1S/C13H20N6S/c1-3-6-14-12-17-10(9-7-16-19-11(9)18-12)15-8-13(20-2)4-5-13/h7H,3-6,8H2,1-2H3,(H3,14,15,16,17,18,19). The molecule has 0 amide bonds. The molecule has 1 aliphatic carbocycles. The van der Waals surface area contributed by atoms with E-state index in [-0.39, 0.29) is 0 Å². The van der Waals surface area contributed by atoms with Gasteiger partial charge in [0.1, 0.15) is 5.82 Å². The molecule has 1 saturated carbocycles. The van der Waals surface area contributed by atoms with Gasteiger partial charge in [-0.1, -0.05) is 6.92 Å². The highest BCUT2D eigenvalue weighted by Crippen LogP contribution is 2.47. The Balaban J connectivity index is 1.81. The minimum atomic E-state index is 0.401. The number of hydrogen-bond acceptors (Lipinski definition) is 6. The minimum Gasteiger partial charge on any atom is -0.368 e. The number of rotatable bonds is 7. The highest BCUT2D eigenvalue weighted by atomic mass is 32.2. The van der Waals surface area contributed by atoms with E-state index in [1.165, 1.54) is 12.8 Å². The Hall–Kier alpha value is -1.50. The first kappa shape index (κ1) is 13.5. The zero-order valence-corrected chi connectivity index (χ0v) is 12.7. The van der Waals surface area contributed by atoms with Gasteiger partial charge in [-0.05, 0) is 25.5 Å². The second-order valence-corrected chi connectivity index (χ2v) is 6.47. The molecule has 3 rings (SSSR count). The van der Waals surface area contributed by atoms with Crippen LogP contribution in [-0.2, 0) is 0 Å². The molecule has 0 bridgehead atoms. The molecule has 0 unspecified atom stereocenters. The Morgan fingerprint density at radius 3 is 2.90 bits per heavy atom. The molecule has 1 aliphatic rings. The fourth-order valence-electron chi connectivity index (χ4n) is 2.12. The van der Waals surface area contributed by atoms with Crippen LogP contribution in [0.5, 0.6) is 0 Å². The summed E-state index contributed by atoms with van der Waals surface area (Å²) in [4.78, 5) is 9.00. The van der Waals surface area contributed by atoms with Gasteiger partial charge in [-0.2, -0.15) is 26.8 Å². The van der Waals surface area contributed by atoms with Crippen LogP contribution in [0.2, 0.25) is 0 Å². The third-order valence-electron chi connectivity index (χ3n) is 3.66. The Morgan fingerprint density at radius 2 is 2.20 bits per heavy atom. The molecule has 2 heterocycles. The summed E-state index contributed by atoms with van der Waals surface area (Å²) in [5.41, 5.74) is 0.773. The fraction of sp³-hybridized carbons (Fsp3) is 0.615. The number of aromatic amines is 1. The van der Waals surface area contributed by atoms with Gasteiger partial charge in [-0.15, -0.1) is 0 Å². The van der Waals surface area contributed by atoms with E-state index in [9.17, 15) is 0 Å². The quantitative estimate of drug-likeness (QED) is 0.727. The summed E-state index contributed by atoms with van der Waals surface area (Å²) in [5, 5.41) is 14.6. The van der Waals surface area contributed by atoms with Crippen molar-refractivity contribution < 1.29 is 0 Å². The Morgan fingerprint density at radius 1 is 1.35 bits per heavy atom. The summed E-state index contributed by atoms with van der Waals surface area (Å²) in [7, 11) is 0. The molecule has 0 radical (unpaired) electrons. The predicted octanol–water partition coefficient (Wildman–Crippen LogP) is 2.48. The van der Waals surface area contributed by atoms with Gasteiger partial charge < -0.3 is 10.6 Å². The minimum absolute atomic E-state index is 0.401. The maximum Gasteiger partial charge on any atom is 0.226 e. The number of hydrogen-bond donors (Lipinski definition) is 3. The van der Waals surface area contributed by atoms with Gasteiger partial charge in [0.25, 0.3) is 0 Å². The molecule has 0 aliphatic heterocycles. The smallest absolute Gasteiger partial charge is 0.226 e. The Labute approximate surface area is 122 Å². The van der Waals surface area contributed by atoms with Gasteiger partial charge in [0.05, 0.1) is 11.6 Å². The molecule has 7 heteroatoms. The normalized spacial score (nSPS) is 16.3. The number of aromatic nitrogens is 4. The van der Waals surface area contributed by atoms with Crippen molar-refractivity contribution >= 4 is 34.6 Å². The molecule has 0 saturated heterocycles. The molecule has 20 heavy (non-hydrogen) atoms. The van der Waals surface area contributed by atoms with Crippen LogP contribution in [0.3, 0.4) is 0 Å². The third kappa shape index (κ3) is 2.67. The van der Waals surface area contributed by atoms with Crippen molar-refractivity contribution in [3.8, 4) is 0 Å². The number of thioether (sulfide) groups is 1. The second-order valence-electron chi connectivity index (χ2n) is 5.20. The first-order chi connectivity index (χ1) is 9.76. The molecular weight excluding hydrogens is 272 g/mol. The molecule has 108 valence electrons. The zero-order valence-electron chi connectivity index (χ0n) is 11.9. The van der Waals surface area contributed by atoms with Gasteiger partial charge in [-0.3, -0.25) is 5.10 Å². The van der Waals surface area contributed by atoms with Crippen molar-refractivity contribution in [3.05, 3.63) is 6.20 Å². The molecule has 3 N–H and O–H groups in total. The molecule has 2 aromatic rings. The van der Waals surface area contributed by atoms with Gasteiger partial charge >= 0.3 is 0 Å². The summed E-state index contributed by atoms with van der Waals surface area (Å²) in [6.45, 7) is 3.93. The zero-order chi connectivity index (χ0) is 14.0. The van der Waals surface area contributed by atoms with Crippen molar-refractivity contribution in [2.24, 2.45) is 0 Å². The van der Waals surface area contributed by atoms with Crippen LogP contribution < -0.4 is 10.6 Å². The van der Waals surface area contributed by atoms with Crippen molar-refractivity contribution in [2.75, 3.05) is 30.0 Å². The van der Waals surface area contributed by atoms with Crippen LogP contribution in [0, 0.1) is 0 Å². The van der Waals surface area contributed by atoms with E-state index in [0.29, 0.717) is 10.7 Å². The fourth-order valence-corrected chi connectivity index (χ4v) is 2.85. The van der Waals surface area contributed by atoms with Crippen LogP contribution in [0.15, 0.2) is 6.20 Å². The predicted molar refractivity (Wildman–Crippen MR) is 84.4 cm³/mol. The highest BCUT2D eigenvalue weighted by Gasteiger charge is 2.41. The number of nitrogens with one attached hydrogen (secondary N) is 3. The van der Waals surface area contributed by atoms with E-state index in [0.717, 1.165) is 36.4 Å². The number of H-pyrrole nitrogens is 1. The molecule has 2 aromatic heterocycles. The average Bonchev–Trinajstić information content (AvgIpc) is 3.11. The highest BCUT2D eigenvalue weighted by molar-refractivity contribution is 8.00. The van der Waals surface area contributed by atoms with E-state index in [1.807, 2.05) is 11.8 Å². The van der Waals surface area contributed by atoms with E-state index in [1.54, 1.807) is 6.20 Å². The van der Waals surface area contributed by atoms with Gasteiger partial charge in [-0.25, -0.2) is 0 Å². The molecule has 6 nitrogen and oxygen atoms in total. The number of nitrogens with zero attached hydrogens (tertiary/aromatic N) is 3. The lowest BCUT2D eigenvalue weighted by molar-refractivity contribution is 0.932. The lowest BCUT2D eigenvalue weighted by Crippen LogP contribution is -2.18. The summed E-state index contributed by atoms with van der Waals surface area (Å²) in [5.74, 6) is 1.52. The summed E-state index contributed by atoms with van der Waals surface area (Å²) < 4.78 is 0.401. The van der Waals surface area contributed by atoms with Crippen LogP contribution in [0.25, 0.3) is 11.0 Å². The molecule has 0 spiro atoms. The largest absolute Gasteiger partial charge is 0.368 e. The maximum absolute atomic E-state index is 4.57. The van der Waals surface area contributed by atoms with E-state index < -0.39 is 0 Å². The van der Waals surface area contributed by atoms with Gasteiger partial charge in [0.2, 0.25) is 5.95 Å². The lowest BCUT2D eigenvalue weighted by Gasteiger charge is -2.14. The second kappa shape index (κ2) is 5.47. The van der Waals surface area contributed by atoms with Crippen LogP contribution in [0.1, 0.15) is 26.2 Å². The number of anilines is 2. The maximum atomic E-state index is 4.57. The topological polar surface area (TPSA) is 78.5 Å². The SMILES string of the molecule is CCCNc1nc(NCC2(SC)CC2)c2cn[nH]c2n1. The van der Waals surface area contributed by atoms with Crippen molar-refractivity contribution in [2.45, 2.75) is 30.9 Å². The third-order valence-corrected chi connectivity index (χ3v) is 5.08. The molecule has 0 aromatic carbocycles. The van der Waals surface area contributed by atoms with E-state index in [2.05, 4.69) is 44.0 Å². The average molecular weight is 292 g/mol. The van der Waals surface area contributed by atoms with Gasteiger partial charge in [0.15, 0.2) is 5.65 Å². The Bertz CT molecular complexity index is 592. The molecule has 1 fully saturated rings. The van der Waals surface area contributed by atoms with Crippen LogP contribution in [-0.4, -0.2) is 44.3 Å². The van der Waals surface area contributed by atoms with Crippen molar-refractivity contribution in [1.29, 1.82) is 0 Å². The first-order valence-corrected chi connectivity index (χ1v) is 8.23. The van der Waals surface area contributed by atoms with E-state index in [4.69, 9.17) is 0 Å². The monoisotopic (exact) mass is 292 g/mol. The van der Waals surface area contributed by atoms with Crippen molar-refractivity contribution in [1.82, 2.24) is 20.2 Å². The first-order valence-electron chi connectivity index (χ1n) is 7.00. The summed E-state index contributed by atoms with van der Waals surface area (Å²) >= 11 is 1.94. The van der Waals surface area contributed by atoms with Gasteiger partial charge in [0, 0.05) is 17.8 Å². The summed E-state index contributed by atoms with van der Waals surface area (Å²) in [6, 6.07) is 0. The number of fused-ring (bicyclic) bond motifs is 1. The van der Waals surface area contributed by atoms with Crippen LogP contribution in [0.4, 0.5) is 11.8 Å². The lowest BCUT2D eigenvalue weighted by atomic mass is 10.3. The van der Waals surface area contributed by atoms with Crippen LogP contribution >= 0.6 is 11.8 Å². The molecule has 0 atom stereocenters.